The van der Waals surface area contributed by atoms with Gasteiger partial charge in [0.05, 0.1) is 11.6 Å². The van der Waals surface area contributed by atoms with Gasteiger partial charge < -0.3 is 4.90 Å². The van der Waals surface area contributed by atoms with Gasteiger partial charge in [-0.15, -0.1) is 10.2 Å². The Morgan fingerprint density at radius 3 is 2.79 bits per heavy atom. The molecule has 0 bridgehead atoms. The molecule has 2 aromatic heterocycles. The Labute approximate surface area is 109 Å². The third kappa shape index (κ3) is 1.87. The maximum Gasteiger partial charge on any atom is 0.204 e. The normalized spacial score (nSPS) is 10.3. The number of fused-ring (bicyclic) bond motifs is 1. The van der Waals surface area contributed by atoms with Crippen molar-refractivity contribution in [2.75, 3.05) is 11.9 Å². The number of hydrogen-bond acceptors (Lipinski definition) is 5. The molecule has 0 fully saturated rings. The second kappa shape index (κ2) is 4.38. The van der Waals surface area contributed by atoms with Gasteiger partial charge in [0.25, 0.3) is 0 Å². The molecule has 0 radical (unpaired) electrons. The minimum absolute atomic E-state index is 0.630. The zero-order valence-corrected chi connectivity index (χ0v) is 10.2. The van der Waals surface area contributed by atoms with Gasteiger partial charge in [-0.2, -0.15) is 5.26 Å². The molecule has 0 aliphatic rings. The van der Waals surface area contributed by atoms with E-state index in [4.69, 9.17) is 5.26 Å². The van der Waals surface area contributed by atoms with E-state index in [0.29, 0.717) is 17.0 Å². The summed E-state index contributed by atoms with van der Waals surface area (Å²) in [5.41, 5.74) is 2.25. The van der Waals surface area contributed by atoms with Crippen LogP contribution >= 0.6 is 0 Å². The Hall–Kier alpha value is -2.94. The Morgan fingerprint density at radius 1 is 1.26 bits per heavy atom. The van der Waals surface area contributed by atoms with Crippen LogP contribution in [0.1, 0.15) is 5.56 Å². The fourth-order valence-corrected chi connectivity index (χ4v) is 1.86. The molecular weight excluding hydrogens is 240 g/mol. The molecule has 0 aliphatic carbocycles. The van der Waals surface area contributed by atoms with Crippen molar-refractivity contribution in [2.45, 2.75) is 0 Å². The third-order valence-corrected chi connectivity index (χ3v) is 2.90. The van der Waals surface area contributed by atoms with E-state index in [2.05, 4.69) is 21.3 Å². The summed E-state index contributed by atoms with van der Waals surface area (Å²) < 4.78 is 1.81. The first-order valence-electron chi connectivity index (χ1n) is 5.68. The first-order chi connectivity index (χ1) is 9.29. The Morgan fingerprint density at radius 2 is 2.05 bits per heavy atom. The minimum Gasteiger partial charge on any atom is -0.326 e. The molecule has 0 saturated heterocycles. The quantitative estimate of drug-likeness (QED) is 0.693. The van der Waals surface area contributed by atoms with Gasteiger partial charge in [-0.1, -0.05) is 0 Å². The number of anilines is 2. The summed E-state index contributed by atoms with van der Waals surface area (Å²) in [6.45, 7) is 0. The largest absolute Gasteiger partial charge is 0.326 e. The van der Waals surface area contributed by atoms with Crippen LogP contribution in [0, 0.1) is 11.3 Å². The van der Waals surface area contributed by atoms with E-state index in [1.807, 2.05) is 28.5 Å². The minimum atomic E-state index is 0.630. The smallest absolute Gasteiger partial charge is 0.204 e. The summed E-state index contributed by atoms with van der Waals surface area (Å²) in [5, 5.41) is 16.7. The molecule has 6 nitrogen and oxygen atoms in total. The zero-order valence-electron chi connectivity index (χ0n) is 10.2. The number of hydrogen-bond donors (Lipinski definition) is 0. The summed E-state index contributed by atoms with van der Waals surface area (Å²) in [6.07, 6.45) is 5.13. The molecule has 92 valence electrons. The van der Waals surface area contributed by atoms with Crippen molar-refractivity contribution < 1.29 is 0 Å². The van der Waals surface area contributed by atoms with Gasteiger partial charge >= 0.3 is 0 Å². The van der Waals surface area contributed by atoms with Crippen molar-refractivity contribution in [3.05, 3.63) is 48.5 Å². The van der Waals surface area contributed by atoms with Gasteiger partial charge in [0.1, 0.15) is 6.33 Å². The Bertz CT molecular complexity index is 753. The fraction of sp³-hybridized carbons (Fsp3) is 0.0769. The van der Waals surface area contributed by atoms with Crippen molar-refractivity contribution in [2.24, 2.45) is 0 Å². The highest BCUT2D eigenvalue weighted by molar-refractivity contribution is 5.71. The molecule has 3 aromatic rings. The van der Waals surface area contributed by atoms with Crippen LogP contribution in [0.15, 0.2) is 43.0 Å². The highest BCUT2D eigenvalue weighted by Crippen LogP contribution is 2.24. The summed E-state index contributed by atoms with van der Waals surface area (Å²) >= 11 is 0. The fourth-order valence-electron chi connectivity index (χ4n) is 1.86. The molecule has 19 heavy (non-hydrogen) atoms. The number of aromatic nitrogens is 4. The van der Waals surface area contributed by atoms with Crippen molar-refractivity contribution in [3.63, 3.8) is 0 Å². The lowest BCUT2D eigenvalue weighted by Gasteiger charge is -2.18. The van der Waals surface area contributed by atoms with Crippen LogP contribution in [-0.4, -0.2) is 26.6 Å². The van der Waals surface area contributed by atoms with E-state index in [9.17, 15) is 0 Å². The lowest BCUT2D eigenvalue weighted by molar-refractivity contribution is 1.07. The molecule has 0 spiro atoms. The lowest BCUT2D eigenvalue weighted by Crippen LogP contribution is -2.12. The summed E-state index contributed by atoms with van der Waals surface area (Å²) in [7, 11) is 1.90. The predicted octanol–water partition coefficient (Wildman–Crippen LogP) is 1.76. The van der Waals surface area contributed by atoms with Crippen LogP contribution in [0.3, 0.4) is 0 Å². The summed E-state index contributed by atoms with van der Waals surface area (Å²) in [4.78, 5) is 6.24. The maximum atomic E-state index is 8.80. The van der Waals surface area contributed by atoms with Crippen LogP contribution in [-0.2, 0) is 0 Å². The standard InChI is InChI=1S/C13H10N6/c1-18(11-4-2-10(8-14)3-5-11)12-13-17-16-9-19(13)7-6-15-12/h2-7,9H,1H3. The molecule has 3 rings (SSSR count). The topological polar surface area (TPSA) is 70.1 Å². The molecular formula is C13H10N6. The van der Waals surface area contributed by atoms with Crippen molar-refractivity contribution >= 4 is 17.2 Å². The molecule has 0 aliphatic heterocycles. The van der Waals surface area contributed by atoms with Gasteiger partial charge in [-0.05, 0) is 24.3 Å². The van der Waals surface area contributed by atoms with Crippen LogP contribution in [0.25, 0.3) is 5.65 Å². The van der Waals surface area contributed by atoms with Gasteiger partial charge in [-0.25, -0.2) is 4.98 Å². The van der Waals surface area contributed by atoms with E-state index in [1.54, 1.807) is 30.9 Å². The van der Waals surface area contributed by atoms with Gasteiger partial charge in [0.2, 0.25) is 5.65 Å². The van der Waals surface area contributed by atoms with Crippen LogP contribution in [0.4, 0.5) is 11.5 Å². The second-order valence-electron chi connectivity index (χ2n) is 4.03. The third-order valence-electron chi connectivity index (χ3n) is 2.90. The van der Waals surface area contributed by atoms with Crippen molar-refractivity contribution in [1.29, 1.82) is 5.26 Å². The summed E-state index contributed by atoms with van der Waals surface area (Å²) in [6, 6.07) is 9.40. The Kier molecular flexibility index (Phi) is 2.58. The number of rotatable bonds is 2. The zero-order chi connectivity index (χ0) is 13.2. The van der Waals surface area contributed by atoms with E-state index >= 15 is 0 Å². The van der Waals surface area contributed by atoms with E-state index in [-0.39, 0.29) is 0 Å². The molecule has 6 heteroatoms. The van der Waals surface area contributed by atoms with Gasteiger partial charge in [0, 0.05) is 25.1 Å². The molecule has 2 heterocycles. The lowest BCUT2D eigenvalue weighted by atomic mass is 10.2. The monoisotopic (exact) mass is 250 g/mol. The van der Waals surface area contributed by atoms with Gasteiger partial charge in [0.15, 0.2) is 5.82 Å². The number of benzene rings is 1. The molecule has 0 N–H and O–H groups in total. The second-order valence-corrected chi connectivity index (χ2v) is 4.03. The van der Waals surface area contributed by atoms with Crippen molar-refractivity contribution in [3.8, 4) is 6.07 Å². The van der Waals surface area contributed by atoms with Crippen molar-refractivity contribution in [1.82, 2.24) is 19.6 Å². The van der Waals surface area contributed by atoms with E-state index in [1.165, 1.54) is 0 Å². The molecule has 0 saturated carbocycles. The molecule has 1 aromatic carbocycles. The summed E-state index contributed by atoms with van der Waals surface area (Å²) in [5.74, 6) is 0.713. The van der Waals surface area contributed by atoms with Crippen LogP contribution in [0.2, 0.25) is 0 Å². The maximum absolute atomic E-state index is 8.80. The SMILES string of the molecule is CN(c1ccc(C#N)cc1)c1nccn2cnnc12. The van der Waals surface area contributed by atoms with Crippen LogP contribution in [0.5, 0.6) is 0 Å². The number of nitrogens with zero attached hydrogens (tertiary/aromatic N) is 6. The van der Waals surface area contributed by atoms with E-state index in [0.717, 1.165) is 5.69 Å². The average molecular weight is 250 g/mol. The molecule has 0 unspecified atom stereocenters. The predicted molar refractivity (Wildman–Crippen MR) is 70.0 cm³/mol. The average Bonchev–Trinajstić information content (AvgIpc) is 2.95. The first-order valence-corrected chi connectivity index (χ1v) is 5.68. The number of nitriles is 1. The highest BCUT2D eigenvalue weighted by atomic mass is 15.3. The highest BCUT2D eigenvalue weighted by Gasteiger charge is 2.11. The van der Waals surface area contributed by atoms with Crippen LogP contribution < -0.4 is 4.90 Å². The van der Waals surface area contributed by atoms with E-state index < -0.39 is 0 Å². The molecule has 0 amide bonds. The first kappa shape index (κ1) is 11.2. The van der Waals surface area contributed by atoms with Gasteiger partial charge in [-0.3, -0.25) is 4.40 Å². The Balaban J connectivity index is 2.05. The molecule has 0 atom stereocenters.